The highest BCUT2D eigenvalue weighted by Crippen LogP contribution is 2.30. The molecule has 1 aliphatic rings. The second kappa shape index (κ2) is 8.79. The Bertz CT molecular complexity index is 475. The third-order valence-corrected chi connectivity index (χ3v) is 4.38. The van der Waals surface area contributed by atoms with Crippen molar-refractivity contribution in [1.29, 1.82) is 0 Å². The van der Waals surface area contributed by atoms with Gasteiger partial charge in [0.05, 0.1) is 19.3 Å². The zero-order chi connectivity index (χ0) is 15.8. The van der Waals surface area contributed by atoms with E-state index in [2.05, 4.69) is 11.8 Å². The van der Waals surface area contributed by atoms with E-state index in [-0.39, 0.29) is 0 Å². The number of piperidine rings is 1. The van der Waals surface area contributed by atoms with E-state index in [9.17, 15) is 4.79 Å². The molecule has 0 aliphatic carbocycles. The number of ether oxygens (including phenoxy) is 2. The summed E-state index contributed by atoms with van der Waals surface area (Å²) in [5, 5.41) is 0. The maximum absolute atomic E-state index is 11.1. The molecule has 122 valence electrons. The molecule has 0 unspecified atom stereocenters. The molecule has 1 aromatic rings. The summed E-state index contributed by atoms with van der Waals surface area (Å²) in [6.07, 6.45) is 6.93. The van der Waals surface area contributed by atoms with Crippen molar-refractivity contribution in [2.45, 2.75) is 45.1 Å². The number of hydrogen-bond acceptors (Lipinski definition) is 4. The van der Waals surface area contributed by atoms with Crippen LogP contribution in [0.15, 0.2) is 18.2 Å². The van der Waals surface area contributed by atoms with E-state index in [1.54, 1.807) is 19.2 Å². The molecule has 1 aliphatic heterocycles. The average molecular weight is 305 g/mol. The minimum Gasteiger partial charge on any atom is -0.493 e. The molecule has 0 N–H and O–H groups in total. The average Bonchev–Trinajstić information content (AvgIpc) is 2.56. The van der Waals surface area contributed by atoms with Crippen LogP contribution in [0.5, 0.6) is 11.5 Å². The van der Waals surface area contributed by atoms with Crippen LogP contribution in [0, 0.1) is 0 Å². The molecule has 1 heterocycles. The molecule has 22 heavy (non-hydrogen) atoms. The van der Waals surface area contributed by atoms with Crippen molar-refractivity contribution in [3.05, 3.63) is 23.8 Å². The standard InChI is InChI=1S/C18H27NO3/c1-15-8-3-4-11-19(15)12-5-6-13-22-18-16(14-20)9-7-10-17(18)21-2/h7,9-10,14-15H,3-6,8,11-13H2,1-2H3/t15-/m1/s1. The van der Waals surface area contributed by atoms with Crippen LogP contribution in [0.2, 0.25) is 0 Å². The lowest BCUT2D eigenvalue weighted by molar-refractivity contribution is 0.111. The molecule has 2 rings (SSSR count). The molecule has 4 heteroatoms. The Labute approximate surface area is 133 Å². The SMILES string of the molecule is COc1cccc(C=O)c1OCCCCN1CCCC[C@H]1C. The van der Waals surface area contributed by atoms with E-state index in [4.69, 9.17) is 9.47 Å². The topological polar surface area (TPSA) is 38.8 Å². The monoisotopic (exact) mass is 305 g/mol. The highest BCUT2D eigenvalue weighted by Gasteiger charge is 2.17. The minimum absolute atomic E-state index is 0.545. The minimum atomic E-state index is 0.545. The van der Waals surface area contributed by atoms with Crippen molar-refractivity contribution in [1.82, 2.24) is 4.90 Å². The zero-order valence-electron chi connectivity index (χ0n) is 13.7. The summed E-state index contributed by atoms with van der Waals surface area (Å²) < 4.78 is 11.1. The predicted molar refractivity (Wildman–Crippen MR) is 88.0 cm³/mol. The molecule has 0 bridgehead atoms. The molecule has 1 aromatic carbocycles. The van der Waals surface area contributed by atoms with Gasteiger partial charge in [-0.15, -0.1) is 0 Å². The summed E-state index contributed by atoms with van der Waals surface area (Å²) in [5.74, 6) is 1.18. The first-order valence-electron chi connectivity index (χ1n) is 8.25. The van der Waals surface area contributed by atoms with E-state index < -0.39 is 0 Å². The Morgan fingerprint density at radius 2 is 2.18 bits per heavy atom. The Balaban J connectivity index is 1.76. The van der Waals surface area contributed by atoms with Gasteiger partial charge in [-0.3, -0.25) is 4.79 Å². The quantitative estimate of drug-likeness (QED) is 0.544. The Morgan fingerprint density at radius 1 is 1.32 bits per heavy atom. The van der Waals surface area contributed by atoms with Gasteiger partial charge in [0.15, 0.2) is 17.8 Å². The van der Waals surface area contributed by atoms with Crippen LogP contribution in [-0.2, 0) is 0 Å². The van der Waals surface area contributed by atoms with Crippen LogP contribution in [0.25, 0.3) is 0 Å². The summed E-state index contributed by atoms with van der Waals surface area (Å²) in [4.78, 5) is 13.7. The molecule has 0 aromatic heterocycles. The molecule has 4 nitrogen and oxygen atoms in total. The first-order valence-corrected chi connectivity index (χ1v) is 8.25. The molecule has 1 fully saturated rings. The normalized spacial score (nSPS) is 18.9. The lowest BCUT2D eigenvalue weighted by atomic mass is 10.0. The summed E-state index contributed by atoms with van der Waals surface area (Å²) in [5.41, 5.74) is 0.545. The summed E-state index contributed by atoms with van der Waals surface area (Å²) >= 11 is 0. The van der Waals surface area contributed by atoms with Crippen LogP contribution >= 0.6 is 0 Å². The van der Waals surface area contributed by atoms with Crippen molar-refractivity contribution in [2.75, 3.05) is 26.8 Å². The van der Waals surface area contributed by atoms with Gasteiger partial charge in [-0.25, -0.2) is 0 Å². The maximum Gasteiger partial charge on any atom is 0.171 e. The number of hydrogen-bond donors (Lipinski definition) is 0. The highest BCUT2D eigenvalue weighted by atomic mass is 16.5. The number of likely N-dealkylation sites (tertiary alicyclic amines) is 1. The van der Waals surface area contributed by atoms with Gasteiger partial charge < -0.3 is 14.4 Å². The van der Waals surface area contributed by atoms with E-state index in [0.29, 0.717) is 29.7 Å². The Hall–Kier alpha value is -1.55. The van der Waals surface area contributed by atoms with Gasteiger partial charge in [0.25, 0.3) is 0 Å². The van der Waals surface area contributed by atoms with Gasteiger partial charge in [-0.2, -0.15) is 0 Å². The molecule has 1 atom stereocenters. The van der Waals surface area contributed by atoms with E-state index in [1.165, 1.54) is 25.8 Å². The maximum atomic E-state index is 11.1. The Morgan fingerprint density at radius 3 is 2.91 bits per heavy atom. The molecule has 0 saturated carbocycles. The van der Waals surface area contributed by atoms with Crippen LogP contribution in [0.4, 0.5) is 0 Å². The third-order valence-electron chi connectivity index (χ3n) is 4.38. The molecule has 0 radical (unpaired) electrons. The first-order chi connectivity index (χ1) is 10.8. The van der Waals surface area contributed by atoms with Crippen molar-refractivity contribution < 1.29 is 14.3 Å². The predicted octanol–water partition coefficient (Wildman–Crippen LogP) is 3.54. The fourth-order valence-corrected chi connectivity index (χ4v) is 3.02. The number of nitrogens with zero attached hydrogens (tertiary/aromatic N) is 1. The number of rotatable bonds is 8. The number of methoxy groups -OCH3 is 1. The van der Waals surface area contributed by atoms with Crippen molar-refractivity contribution in [3.63, 3.8) is 0 Å². The van der Waals surface area contributed by atoms with E-state index >= 15 is 0 Å². The van der Waals surface area contributed by atoms with E-state index in [0.717, 1.165) is 25.7 Å². The van der Waals surface area contributed by atoms with Crippen LogP contribution in [0.3, 0.4) is 0 Å². The van der Waals surface area contributed by atoms with Gasteiger partial charge in [-0.1, -0.05) is 12.5 Å². The van der Waals surface area contributed by atoms with Gasteiger partial charge >= 0.3 is 0 Å². The summed E-state index contributed by atoms with van der Waals surface area (Å²) in [7, 11) is 1.59. The van der Waals surface area contributed by atoms with Crippen LogP contribution < -0.4 is 9.47 Å². The van der Waals surface area contributed by atoms with Crippen LogP contribution in [-0.4, -0.2) is 44.0 Å². The number of aldehydes is 1. The lowest BCUT2D eigenvalue weighted by Crippen LogP contribution is -2.38. The van der Waals surface area contributed by atoms with Gasteiger partial charge in [0.2, 0.25) is 0 Å². The zero-order valence-corrected chi connectivity index (χ0v) is 13.7. The van der Waals surface area contributed by atoms with E-state index in [1.807, 2.05) is 6.07 Å². The number of para-hydroxylation sites is 1. The van der Waals surface area contributed by atoms with Gasteiger partial charge in [0.1, 0.15) is 0 Å². The second-order valence-electron chi connectivity index (χ2n) is 5.93. The van der Waals surface area contributed by atoms with Gasteiger partial charge in [-0.05, 0) is 57.8 Å². The van der Waals surface area contributed by atoms with Crippen molar-refractivity contribution >= 4 is 6.29 Å². The van der Waals surface area contributed by atoms with Gasteiger partial charge in [0, 0.05) is 6.04 Å². The molecular formula is C18H27NO3. The van der Waals surface area contributed by atoms with Crippen molar-refractivity contribution in [3.8, 4) is 11.5 Å². The summed E-state index contributed by atoms with van der Waals surface area (Å²) in [6, 6.07) is 6.08. The molecule has 0 amide bonds. The number of carbonyl (C=O) groups is 1. The molecule has 0 spiro atoms. The lowest BCUT2D eigenvalue weighted by Gasteiger charge is -2.33. The van der Waals surface area contributed by atoms with Crippen LogP contribution in [0.1, 0.15) is 49.4 Å². The largest absolute Gasteiger partial charge is 0.493 e. The first kappa shape index (κ1) is 16.8. The molecular weight excluding hydrogens is 278 g/mol. The smallest absolute Gasteiger partial charge is 0.171 e. The number of carbonyl (C=O) groups excluding carboxylic acids is 1. The summed E-state index contributed by atoms with van der Waals surface area (Å²) in [6.45, 7) is 5.30. The highest BCUT2D eigenvalue weighted by molar-refractivity contribution is 5.81. The fourth-order valence-electron chi connectivity index (χ4n) is 3.02. The third kappa shape index (κ3) is 4.47. The van der Waals surface area contributed by atoms with Crippen molar-refractivity contribution in [2.24, 2.45) is 0 Å². The fraction of sp³-hybridized carbons (Fsp3) is 0.611. The second-order valence-corrected chi connectivity index (χ2v) is 5.93. The molecule has 1 saturated heterocycles. The Kier molecular flexibility index (Phi) is 6.72. The number of benzene rings is 1. The number of unbranched alkanes of at least 4 members (excludes halogenated alkanes) is 1.